The van der Waals surface area contributed by atoms with Crippen molar-refractivity contribution >= 4 is 65.0 Å². The topological polar surface area (TPSA) is 65.5 Å². The molecule has 0 aliphatic heterocycles. The Hall–Kier alpha value is -1.31. The van der Waals surface area contributed by atoms with Crippen molar-refractivity contribution in [1.82, 2.24) is 0 Å². The molecular weight excluding hydrogens is 422 g/mol. The fourth-order valence-corrected chi connectivity index (χ4v) is 2.08. The van der Waals surface area contributed by atoms with Gasteiger partial charge >= 0.3 is 0 Å². The molecule has 0 amide bonds. The lowest BCUT2D eigenvalue weighted by atomic mass is 10.2. The van der Waals surface area contributed by atoms with E-state index in [0.29, 0.717) is 21.3 Å². The van der Waals surface area contributed by atoms with Gasteiger partial charge in [-0.25, -0.2) is 5.01 Å². The number of nitrogens with two attached hydrogens (primary N) is 1. The summed E-state index contributed by atoms with van der Waals surface area (Å²) in [6.45, 7) is 0. The number of hydrogen-bond donors (Lipinski definition) is 2. The summed E-state index contributed by atoms with van der Waals surface area (Å²) >= 11 is 12.1. The van der Waals surface area contributed by atoms with Crippen LogP contribution in [0.3, 0.4) is 0 Å². The highest BCUT2D eigenvalue weighted by molar-refractivity contribution is 14.0. The molecule has 0 aromatic heterocycles. The molecule has 3 N–H and O–H groups in total. The lowest BCUT2D eigenvalue weighted by Crippen LogP contribution is -2.32. The van der Waals surface area contributed by atoms with Gasteiger partial charge < -0.3 is 5.73 Å². The molecule has 0 unspecified atom stereocenters. The summed E-state index contributed by atoms with van der Waals surface area (Å²) in [5, 5.41) is 14.0. The highest BCUT2D eigenvalue weighted by atomic mass is 127. The molecule has 2 rings (SSSR count). The summed E-state index contributed by atoms with van der Waals surface area (Å²) in [5.41, 5.74) is 6.80. The van der Waals surface area contributed by atoms with E-state index in [0.717, 1.165) is 0 Å². The number of nitrogens with one attached hydrogen (secondary N) is 1. The van der Waals surface area contributed by atoms with Crippen molar-refractivity contribution in [2.24, 2.45) is 10.8 Å². The van der Waals surface area contributed by atoms with E-state index in [1.165, 1.54) is 11.2 Å². The summed E-state index contributed by atoms with van der Waals surface area (Å²) in [6, 6.07) is 14.3. The van der Waals surface area contributed by atoms with E-state index in [4.69, 9.17) is 34.3 Å². The normalized spacial score (nSPS) is 10.2. The van der Waals surface area contributed by atoms with Crippen molar-refractivity contribution in [2.75, 3.05) is 5.01 Å². The molecule has 2 aromatic carbocycles. The summed E-state index contributed by atoms with van der Waals surface area (Å²) in [4.78, 5) is 0. The predicted octanol–water partition coefficient (Wildman–Crippen LogP) is 4.35. The first kappa shape index (κ1) is 17.7. The minimum atomic E-state index is -0.198. The van der Waals surface area contributed by atoms with Crippen molar-refractivity contribution in [3.8, 4) is 0 Å². The number of anilines is 1. The van der Waals surface area contributed by atoms with Gasteiger partial charge in [0.2, 0.25) is 5.96 Å². The van der Waals surface area contributed by atoms with E-state index in [1.54, 1.807) is 30.3 Å². The molecular formula is C14H13Cl2IN4. The standard InChI is InChI=1S/C14H12Cl2N4.HI/c15-12-7-4-8-13(16)11(12)9-19-20(14(17)18)10-5-2-1-3-6-10;/h1-9H,(H3,17,18);1H/b19-9+;. The Labute approximate surface area is 150 Å². The third kappa shape index (κ3) is 4.59. The van der Waals surface area contributed by atoms with Crippen LogP contribution in [-0.4, -0.2) is 12.2 Å². The summed E-state index contributed by atoms with van der Waals surface area (Å²) in [6.07, 6.45) is 1.49. The molecule has 21 heavy (non-hydrogen) atoms. The maximum absolute atomic E-state index is 7.59. The van der Waals surface area contributed by atoms with Crippen LogP contribution in [0.15, 0.2) is 53.6 Å². The zero-order valence-corrected chi connectivity index (χ0v) is 14.7. The zero-order chi connectivity index (χ0) is 14.5. The molecule has 0 aliphatic rings. The van der Waals surface area contributed by atoms with E-state index in [2.05, 4.69) is 5.10 Å². The van der Waals surface area contributed by atoms with E-state index in [9.17, 15) is 0 Å². The first-order valence-corrected chi connectivity index (χ1v) is 6.52. The smallest absolute Gasteiger partial charge is 0.214 e. The number of hydrogen-bond acceptors (Lipinski definition) is 2. The van der Waals surface area contributed by atoms with Crippen LogP contribution in [0.4, 0.5) is 5.69 Å². The number of halogens is 3. The van der Waals surface area contributed by atoms with E-state index in [1.807, 2.05) is 18.2 Å². The van der Waals surface area contributed by atoms with Crippen LogP contribution in [0, 0.1) is 5.41 Å². The fraction of sp³-hybridized carbons (Fsp3) is 0. The quantitative estimate of drug-likeness (QED) is 0.326. The van der Waals surface area contributed by atoms with Crippen molar-refractivity contribution < 1.29 is 0 Å². The van der Waals surface area contributed by atoms with Crippen LogP contribution in [0.5, 0.6) is 0 Å². The number of hydrazone groups is 1. The SMILES string of the molecule is I.N=C(N)N(/N=C/c1c(Cl)cccc1Cl)c1ccccc1. The second-order valence-corrected chi connectivity index (χ2v) is 4.73. The average molecular weight is 435 g/mol. The molecule has 0 heterocycles. The number of benzene rings is 2. The van der Waals surface area contributed by atoms with E-state index >= 15 is 0 Å². The van der Waals surface area contributed by atoms with Crippen LogP contribution >= 0.6 is 47.2 Å². The lowest BCUT2D eigenvalue weighted by molar-refractivity contribution is 1.10. The van der Waals surface area contributed by atoms with E-state index < -0.39 is 0 Å². The lowest BCUT2D eigenvalue weighted by Gasteiger charge is -2.16. The molecule has 0 atom stereocenters. The van der Waals surface area contributed by atoms with Gasteiger partial charge in [0.15, 0.2) is 0 Å². The zero-order valence-electron chi connectivity index (χ0n) is 10.8. The molecule has 0 bridgehead atoms. The van der Waals surface area contributed by atoms with Gasteiger partial charge in [-0.2, -0.15) is 5.10 Å². The first-order chi connectivity index (χ1) is 9.59. The Kier molecular flexibility index (Phi) is 6.94. The van der Waals surface area contributed by atoms with Gasteiger partial charge in [0, 0.05) is 5.56 Å². The van der Waals surface area contributed by atoms with Crippen LogP contribution in [-0.2, 0) is 0 Å². The number of guanidine groups is 1. The van der Waals surface area contributed by atoms with Crippen LogP contribution in [0.1, 0.15) is 5.56 Å². The van der Waals surface area contributed by atoms with Gasteiger partial charge in [0.25, 0.3) is 0 Å². The van der Waals surface area contributed by atoms with Gasteiger partial charge in [0.1, 0.15) is 0 Å². The van der Waals surface area contributed by atoms with Gasteiger partial charge in [-0.05, 0) is 24.3 Å². The monoisotopic (exact) mass is 434 g/mol. The van der Waals surface area contributed by atoms with Gasteiger partial charge in [-0.3, -0.25) is 5.41 Å². The summed E-state index contributed by atoms with van der Waals surface area (Å²) in [7, 11) is 0. The van der Waals surface area contributed by atoms with E-state index in [-0.39, 0.29) is 29.9 Å². The Balaban J connectivity index is 0.00000220. The Morgan fingerprint density at radius 2 is 1.62 bits per heavy atom. The minimum absolute atomic E-state index is 0. The number of nitrogens with zero attached hydrogens (tertiary/aromatic N) is 2. The molecule has 0 aliphatic carbocycles. The molecule has 4 nitrogen and oxygen atoms in total. The highest BCUT2D eigenvalue weighted by Crippen LogP contribution is 2.22. The first-order valence-electron chi connectivity index (χ1n) is 5.77. The molecule has 0 saturated heterocycles. The maximum Gasteiger partial charge on any atom is 0.214 e. The van der Waals surface area contributed by atoms with Crippen molar-refractivity contribution in [3.63, 3.8) is 0 Å². The molecule has 0 saturated carbocycles. The highest BCUT2D eigenvalue weighted by Gasteiger charge is 2.08. The summed E-state index contributed by atoms with van der Waals surface area (Å²) in [5.74, 6) is -0.198. The fourth-order valence-electron chi connectivity index (χ4n) is 1.59. The average Bonchev–Trinajstić information content (AvgIpc) is 2.43. The Morgan fingerprint density at radius 1 is 1.05 bits per heavy atom. The van der Waals surface area contributed by atoms with Crippen LogP contribution in [0.25, 0.3) is 0 Å². The minimum Gasteiger partial charge on any atom is -0.368 e. The molecule has 2 aromatic rings. The largest absolute Gasteiger partial charge is 0.368 e. The van der Waals surface area contributed by atoms with Crippen molar-refractivity contribution in [2.45, 2.75) is 0 Å². The number of rotatable bonds is 3. The van der Waals surface area contributed by atoms with Crippen molar-refractivity contribution in [3.05, 3.63) is 64.1 Å². The summed E-state index contributed by atoms with van der Waals surface area (Å²) < 4.78 is 0. The third-order valence-corrected chi connectivity index (χ3v) is 3.19. The molecule has 110 valence electrons. The molecule has 7 heteroatoms. The van der Waals surface area contributed by atoms with Gasteiger partial charge in [-0.15, -0.1) is 24.0 Å². The van der Waals surface area contributed by atoms with Gasteiger partial charge in [0.05, 0.1) is 21.9 Å². The molecule has 0 radical (unpaired) electrons. The molecule has 0 spiro atoms. The van der Waals surface area contributed by atoms with Crippen LogP contribution in [0.2, 0.25) is 10.0 Å². The second kappa shape index (κ2) is 8.21. The van der Waals surface area contributed by atoms with Crippen molar-refractivity contribution in [1.29, 1.82) is 5.41 Å². The maximum atomic E-state index is 7.59. The number of para-hydroxylation sites is 1. The third-order valence-electron chi connectivity index (χ3n) is 2.53. The Morgan fingerprint density at radius 3 is 2.14 bits per heavy atom. The predicted molar refractivity (Wildman–Crippen MR) is 100 cm³/mol. The van der Waals surface area contributed by atoms with Gasteiger partial charge in [-0.1, -0.05) is 47.5 Å². The second-order valence-electron chi connectivity index (χ2n) is 3.91. The Bertz CT molecular complexity index is 626. The van der Waals surface area contributed by atoms with Crippen LogP contribution < -0.4 is 10.7 Å². The molecule has 0 fully saturated rings.